The average Bonchev–Trinajstić information content (AvgIpc) is 3.13. The Balaban J connectivity index is 0.000000138. The van der Waals surface area contributed by atoms with Gasteiger partial charge >= 0.3 is 0 Å². The zero-order valence-corrected chi connectivity index (χ0v) is 18.8. The van der Waals surface area contributed by atoms with Crippen LogP contribution in [0.3, 0.4) is 0 Å². The Morgan fingerprint density at radius 3 is 2.29 bits per heavy atom. The van der Waals surface area contributed by atoms with Crippen LogP contribution in [0.15, 0.2) is 0 Å². The first-order valence-corrected chi connectivity index (χ1v) is 13.1. The fourth-order valence-electron chi connectivity index (χ4n) is 6.50. The quantitative estimate of drug-likeness (QED) is 0.673. The van der Waals surface area contributed by atoms with Gasteiger partial charge in [0, 0.05) is 18.7 Å². The third-order valence-electron chi connectivity index (χ3n) is 8.35. The fraction of sp³-hybridized carbons (Fsp3) is 0.950. The summed E-state index contributed by atoms with van der Waals surface area (Å²) in [7, 11) is -4.08. The highest BCUT2D eigenvalue weighted by molar-refractivity contribution is 8.00. The Labute approximate surface area is 172 Å². The first-order chi connectivity index (χ1) is 13.0. The number of nitrogens with zero attached hydrogens (tertiary/aromatic N) is 1. The van der Waals surface area contributed by atoms with Crippen molar-refractivity contribution >= 4 is 27.7 Å². The topological polar surface area (TPSA) is 83.9 Å². The van der Waals surface area contributed by atoms with Crippen molar-refractivity contribution in [3.63, 3.8) is 0 Å². The molecule has 4 atom stereocenters. The molecule has 2 saturated carbocycles. The highest BCUT2D eigenvalue weighted by atomic mass is 32.2. The lowest BCUT2D eigenvalue weighted by Gasteiger charge is -2.50. The molecule has 0 amide bonds. The van der Waals surface area contributed by atoms with Gasteiger partial charge in [-0.05, 0) is 62.9 Å². The van der Waals surface area contributed by atoms with Crippen LogP contribution in [0.5, 0.6) is 0 Å². The number of Topliss-reactive ketones (excluding diaryl/α,β-unsaturated/α-hetero) is 1. The maximum atomic E-state index is 11.9. The van der Waals surface area contributed by atoms with Gasteiger partial charge in [0.15, 0.2) is 0 Å². The highest BCUT2D eigenvalue weighted by Crippen LogP contribution is 2.64. The molecular formula is C20H33NO5S2. The molecule has 160 valence electrons. The van der Waals surface area contributed by atoms with E-state index in [1.807, 2.05) is 25.6 Å². The molecular weight excluding hydrogens is 398 g/mol. The molecule has 28 heavy (non-hydrogen) atoms. The molecule has 0 aromatic rings. The molecule has 0 aromatic carbocycles. The summed E-state index contributed by atoms with van der Waals surface area (Å²) in [5, 5.41) is 0. The molecule has 2 aliphatic carbocycles. The zero-order valence-electron chi connectivity index (χ0n) is 17.1. The number of rotatable bonds is 2. The smallest absolute Gasteiger partial charge is 0.265 e. The van der Waals surface area contributed by atoms with E-state index in [1.165, 1.54) is 38.2 Å². The van der Waals surface area contributed by atoms with E-state index < -0.39 is 21.3 Å². The van der Waals surface area contributed by atoms with Gasteiger partial charge in [-0.2, -0.15) is 8.42 Å². The standard InChI is InChI=1S/C10H17NOS.C10H16O4S/c1-8-12-10(7-13-8)6-11-4-2-9(10)3-5-11;1-9(2)7-3-4-10(9,8(11)5-7)6-15(12,13)14/h8-9H,2-7H2,1H3;7H,3-6H2,1-2H3,(H,12,13,14)/t8-,10-;7-,10-/m11/s1. The predicted octanol–water partition coefficient (Wildman–Crippen LogP) is 2.83. The number of thioether (sulfide) groups is 1. The van der Waals surface area contributed by atoms with Crippen LogP contribution in [-0.2, 0) is 19.6 Å². The van der Waals surface area contributed by atoms with Crippen molar-refractivity contribution in [2.24, 2.45) is 22.7 Å². The molecule has 6 nitrogen and oxygen atoms in total. The maximum absolute atomic E-state index is 11.9. The minimum Gasteiger partial charge on any atom is -0.359 e. The third-order valence-corrected chi connectivity index (χ3v) is 10.4. The third kappa shape index (κ3) is 3.37. The Bertz CT molecular complexity index is 746. The summed E-state index contributed by atoms with van der Waals surface area (Å²) in [6.45, 7) is 9.91. The predicted molar refractivity (Wildman–Crippen MR) is 110 cm³/mol. The molecule has 1 N–H and O–H groups in total. The average molecular weight is 432 g/mol. The number of hydrogen-bond donors (Lipinski definition) is 1. The van der Waals surface area contributed by atoms with Gasteiger partial charge < -0.3 is 9.64 Å². The molecule has 8 heteroatoms. The minimum absolute atomic E-state index is 0.0152. The summed E-state index contributed by atoms with van der Waals surface area (Å²) < 4.78 is 37.1. The number of carbonyl (C=O) groups is 1. The van der Waals surface area contributed by atoms with Gasteiger partial charge in [-0.15, -0.1) is 11.8 Å². The van der Waals surface area contributed by atoms with Crippen molar-refractivity contribution in [2.75, 3.05) is 31.1 Å². The van der Waals surface area contributed by atoms with E-state index in [0.717, 1.165) is 12.3 Å². The van der Waals surface area contributed by atoms with Crippen molar-refractivity contribution < 1.29 is 22.5 Å². The number of hydrogen-bond acceptors (Lipinski definition) is 6. The van der Waals surface area contributed by atoms with E-state index in [0.29, 0.717) is 18.3 Å². The Morgan fingerprint density at radius 1 is 1.21 bits per heavy atom. The van der Waals surface area contributed by atoms with Crippen LogP contribution >= 0.6 is 11.8 Å². The van der Waals surface area contributed by atoms with E-state index in [2.05, 4.69) is 11.8 Å². The molecule has 4 saturated heterocycles. The van der Waals surface area contributed by atoms with E-state index in [1.54, 1.807) is 0 Å². The van der Waals surface area contributed by atoms with Gasteiger partial charge in [0.05, 0.1) is 16.8 Å². The SMILES string of the molecule is CC1(C)[C@@H]2CC[C@@]1(CS(=O)(=O)O)C(=O)C2.C[C@@H]1O[C@@]2(CS1)CN1CCC2CC1. The molecule has 4 aliphatic heterocycles. The summed E-state index contributed by atoms with van der Waals surface area (Å²) in [5.41, 5.74) is -0.438. The monoisotopic (exact) mass is 431 g/mol. The van der Waals surface area contributed by atoms with Gasteiger partial charge in [-0.25, -0.2) is 0 Å². The van der Waals surface area contributed by atoms with Gasteiger partial charge in [-0.1, -0.05) is 13.8 Å². The lowest BCUT2D eigenvalue weighted by molar-refractivity contribution is -0.133. The molecule has 0 radical (unpaired) electrons. The van der Waals surface area contributed by atoms with Crippen molar-refractivity contribution in [3.05, 3.63) is 0 Å². The minimum atomic E-state index is -4.08. The second-order valence-corrected chi connectivity index (χ2v) is 12.7. The van der Waals surface area contributed by atoms with E-state index in [-0.39, 0.29) is 22.7 Å². The molecule has 4 bridgehead atoms. The Hall–Kier alpha value is -0.150. The van der Waals surface area contributed by atoms with E-state index in [9.17, 15) is 13.2 Å². The maximum Gasteiger partial charge on any atom is 0.265 e. The van der Waals surface area contributed by atoms with Crippen LogP contribution < -0.4 is 0 Å². The number of fused-ring (bicyclic) bond motifs is 4. The molecule has 6 aliphatic rings. The van der Waals surface area contributed by atoms with Crippen LogP contribution in [0.1, 0.15) is 52.9 Å². The number of carbonyl (C=O) groups excluding carboxylic acids is 1. The second kappa shape index (κ2) is 6.94. The van der Waals surface area contributed by atoms with Gasteiger partial charge in [0.1, 0.15) is 11.2 Å². The molecule has 0 unspecified atom stereocenters. The van der Waals surface area contributed by atoms with Crippen LogP contribution in [0, 0.1) is 22.7 Å². The summed E-state index contributed by atoms with van der Waals surface area (Å²) in [5.74, 6) is 1.99. The largest absolute Gasteiger partial charge is 0.359 e. The number of ether oxygens (including phenoxy) is 1. The summed E-state index contributed by atoms with van der Waals surface area (Å²) in [4.78, 5) is 14.5. The second-order valence-electron chi connectivity index (χ2n) is 10.0. The highest BCUT2D eigenvalue weighted by Gasteiger charge is 2.65. The van der Waals surface area contributed by atoms with Gasteiger partial charge in [0.25, 0.3) is 10.1 Å². The van der Waals surface area contributed by atoms with Crippen molar-refractivity contribution in [1.29, 1.82) is 0 Å². The number of ketones is 1. The molecule has 6 fully saturated rings. The Morgan fingerprint density at radius 2 is 1.89 bits per heavy atom. The molecule has 0 aromatic heterocycles. The normalized spacial score (nSPS) is 46.1. The lowest BCUT2D eigenvalue weighted by atomic mass is 9.70. The summed E-state index contributed by atoms with van der Waals surface area (Å²) in [6, 6.07) is 0. The van der Waals surface area contributed by atoms with E-state index in [4.69, 9.17) is 9.29 Å². The fourth-order valence-corrected chi connectivity index (χ4v) is 8.97. The van der Waals surface area contributed by atoms with Gasteiger partial charge in [-0.3, -0.25) is 9.35 Å². The van der Waals surface area contributed by atoms with Crippen LogP contribution in [0.2, 0.25) is 0 Å². The van der Waals surface area contributed by atoms with Crippen molar-refractivity contribution in [3.8, 4) is 0 Å². The zero-order chi connectivity index (χ0) is 20.4. The van der Waals surface area contributed by atoms with Crippen molar-refractivity contribution in [2.45, 2.75) is 63.9 Å². The van der Waals surface area contributed by atoms with Gasteiger partial charge in [0.2, 0.25) is 0 Å². The Kier molecular flexibility index (Phi) is 5.23. The van der Waals surface area contributed by atoms with E-state index >= 15 is 0 Å². The molecule has 6 rings (SSSR count). The van der Waals surface area contributed by atoms with Crippen LogP contribution in [0.4, 0.5) is 0 Å². The summed E-state index contributed by atoms with van der Waals surface area (Å²) >= 11 is 1.99. The number of piperidine rings is 3. The first-order valence-electron chi connectivity index (χ1n) is 10.5. The van der Waals surface area contributed by atoms with Crippen LogP contribution in [-0.4, -0.2) is 65.8 Å². The first kappa shape index (κ1) is 21.1. The van der Waals surface area contributed by atoms with Crippen LogP contribution in [0.25, 0.3) is 0 Å². The van der Waals surface area contributed by atoms with Crippen molar-refractivity contribution in [1.82, 2.24) is 4.90 Å². The lowest BCUT2D eigenvalue weighted by Crippen LogP contribution is -2.60. The molecule has 1 spiro atoms. The molecule has 4 heterocycles. The summed E-state index contributed by atoms with van der Waals surface area (Å²) in [6.07, 6.45) is 4.71.